The molecule has 0 unspecified atom stereocenters. The molecule has 0 radical (unpaired) electrons. The molecule has 0 spiro atoms. The number of ether oxygens (including phenoxy) is 1. The third-order valence-electron chi connectivity index (χ3n) is 4.64. The Balaban J connectivity index is 1.82. The van der Waals surface area contributed by atoms with Crippen LogP contribution in [0.1, 0.15) is 30.9 Å². The van der Waals surface area contributed by atoms with Crippen LogP contribution in [-0.2, 0) is 33.0 Å². The van der Waals surface area contributed by atoms with Gasteiger partial charge in [-0.2, -0.15) is 4.99 Å². The van der Waals surface area contributed by atoms with Crippen LogP contribution in [-0.4, -0.2) is 29.3 Å². The maximum absolute atomic E-state index is 12.5. The van der Waals surface area contributed by atoms with Gasteiger partial charge in [-0.05, 0) is 36.1 Å². The second kappa shape index (κ2) is 11.1. The van der Waals surface area contributed by atoms with Crippen LogP contribution in [0, 0.1) is 0 Å². The predicted octanol–water partition coefficient (Wildman–Crippen LogP) is 4.58. The monoisotopic (exact) mass is 442 g/mol. The van der Waals surface area contributed by atoms with E-state index in [-0.39, 0.29) is 18.4 Å². The highest BCUT2D eigenvalue weighted by molar-refractivity contribution is 7.99. The largest absolute Gasteiger partial charge is 0.468 e. The minimum atomic E-state index is -0.364. The van der Waals surface area contributed by atoms with Crippen molar-refractivity contribution in [2.75, 3.05) is 12.9 Å². The SMILES string of the molecule is CCCCc1ccc2c(c1)sc(=NC(=O)CSCc1ccccc1)n2CC(=O)OC. The molecule has 7 heteroatoms. The van der Waals surface area contributed by atoms with E-state index >= 15 is 0 Å². The molecule has 0 aliphatic heterocycles. The van der Waals surface area contributed by atoms with Crippen molar-refractivity contribution in [3.8, 4) is 0 Å². The van der Waals surface area contributed by atoms with Gasteiger partial charge < -0.3 is 9.30 Å². The molecule has 0 atom stereocenters. The highest BCUT2D eigenvalue weighted by Crippen LogP contribution is 2.21. The number of esters is 1. The average molecular weight is 443 g/mol. The molecule has 1 aromatic heterocycles. The van der Waals surface area contributed by atoms with Gasteiger partial charge in [0.05, 0.1) is 23.1 Å². The molecule has 0 aliphatic rings. The minimum Gasteiger partial charge on any atom is -0.468 e. The summed E-state index contributed by atoms with van der Waals surface area (Å²) in [5.74, 6) is 0.491. The lowest BCUT2D eigenvalue weighted by atomic mass is 10.1. The summed E-state index contributed by atoms with van der Waals surface area (Å²) in [7, 11) is 1.36. The van der Waals surface area contributed by atoms with E-state index in [1.165, 1.54) is 41.3 Å². The first-order valence-corrected chi connectivity index (χ1v) is 12.0. The van der Waals surface area contributed by atoms with Gasteiger partial charge in [-0.15, -0.1) is 11.8 Å². The Morgan fingerprint density at radius 2 is 1.93 bits per heavy atom. The van der Waals surface area contributed by atoms with Gasteiger partial charge in [-0.3, -0.25) is 9.59 Å². The average Bonchev–Trinajstić information content (AvgIpc) is 3.08. The van der Waals surface area contributed by atoms with Gasteiger partial charge >= 0.3 is 5.97 Å². The molecular weight excluding hydrogens is 416 g/mol. The molecule has 3 rings (SSSR count). The highest BCUT2D eigenvalue weighted by atomic mass is 32.2. The van der Waals surface area contributed by atoms with Crippen molar-refractivity contribution in [1.29, 1.82) is 0 Å². The maximum atomic E-state index is 12.5. The van der Waals surface area contributed by atoms with Crippen molar-refractivity contribution in [3.05, 3.63) is 64.5 Å². The summed E-state index contributed by atoms with van der Waals surface area (Å²) in [6, 6.07) is 16.3. The maximum Gasteiger partial charge on any atom is 0.325 e. The number of thioether (sulfide) groups is 1. The Bertz CT molecular complexity index is 1070. The van der Waals surface area contributed by atoms with E-state index in [1.54, 1.807) is 4.57 Å². The van der Waals surface area contributed by atoms with E-state index < -0.39 is 0 Å². The van der Waals surface area contributed by atoms with Crippen molar-refractivity contribution < 1.29 is 14.3 Å². The molecule has 0 bridgehead atoms. The quantitative estimate of drug-likeness (QED) is 0.455. The van der Waals surface area contributed by atoms with Crippen LogP contribution in [0.15, 0.2) is 53.5 Å². The lowest BCUT2D eigenvalue weighted by Crippen LogP contribution is -2.22. The summed E-state index contributed by atoms with van der Waals surface area (Å²) in [6.07, 6.45) is 3.29. The summed E-state index contributed by atoms with van der Waals surface area (Å²) in [5, 5.41) is 0. The normalized spacial score (nSPS) is 11.7. The molecule has 0 N–H and O–H groups in total. The van der Waals surface area contributed by atoms with Gasteiger partial charge in [-0.25, -0.2) is 0 Å². The molecule has 3 aromatic rings. The van der Waals surface area contributed by atoms with Gasteiger partial charge in [-0.1, -0.05) is 61.1 Å². The summed E-state index contributed by atoms with van der Waals surface area (Å²) in [4.78, 5) is 29.3. The number of methoxy groups -OCH3 is 1. The van der Waals surface area contributed by atoms with Crippen LogP contribution in [0.5, 0.6) is 0 Å². The van der Waals surface area contributed by atoms with Crippen molar-refractivity contribution in [1.82, 2.24) is 4.57 Å². The summed E-state index contributed by atoms with van der Waals surface area (Å²) >= 11 is 2.98. The van der Waals surface area contributed by atoms with E-state index in [0.29, 0.717) is 10.6 Å². The molecule has 0 saturated heterocycles. The van der Waals surface area contributed by atoms with Crippen LogP contribution in [0.4, 0.5) is 0 Å². The van der Waals surface area contributed by atoms with Crippen molar-refractivity contribution >= 4 is 45.2 Å². The number of thiazole rings is 1. The molecule has 0 saturated carbocycles. The van der Waals surface area contributed by atoms with Crippen LogP contribution in [0.2, 0.25) is 0 Å². The number of benzene rings is 2. The first-order valence-electron chi connectivity index (χ1n) is 9.99. The second-order valence-corrected chi connectivity index (χ2v) is 8.93. The fourth-order valence-electron chi connectivity index (χ4n) is 3.06. The Morgan fingerprint density at radius 3 is 2.67 bits per heavy atom. The summed E-state index contributed by atoms with van der Waals surface area (Å²) < 4.78 is 7.63. The van der Waals surface area contributed by atoms with Crippen molar-refractivity contribution in [3.63, 3.8) is 0 Å². The minimum absolute atomic E-state index is 0.0358. The molecule has 0 aliphatic carbocycles. The lowest BCUT2D eigenvalue weighted by molar-refractivity contribution is -0.141. The van der Waals surface area contributed by atoms with Gasteiger partial charge in [0.25, 0.3) is 5.91 Å². The molecule has 2 aromatic carbocycles. The topological polar surface area (TPSA) is 60.7 Å². The molecular formula is C23H26N2O3S2. The van der Waals surface area contributed by atoms with Crippen LogP contribution in [0.3, 0.4) is 0 Å². The fourth-order valence-corrected chi connectivity index (χ4v) is 4.93. The van der Waals surface area contributed by atoms with Crippen molar-refractivity contribution in [2.24, 2.45) is 4.99 Å². The van der Waals surface area contributed by atoms with E-state index in [4.69, 9.17) is 4.74 Å². The Kier molecular flexibility index (Phi) is 8.28. The van der Waals surface area contributed by atoms with E-state index in [1.807, 2.05) is 36.4 Å². The number of carbonyl (C=O) groups is 2. The highest BCUT2D eigenvalue weighted by Gasteiger charge is 2.12. The van der Waals surface area contributed by atoms with Gasteiger partial charge in [0.1, 0.15) is 6.54 Å². The zero-order valence-electron chi connectivity index (χ0n) is 17.3. The van der Waals surface area contributed by atoms with E-state index in [2.05, 4.69) is 24.0 Å². The van der Waals surface area contributed by atoms with Gasteiger partial charge in [0.15, 0.2) is 4.80 Å². The number of hydrogen-bond acceptors (Lipinski definition) is 5. The number of nitrogens with zero attached hydrogens (tertiary/aromatic N) is 2. The Morgan fingerprint density at radius 1 is 1.13 bits per heavy atom. The third-order valence-corrected chi connectivity index (χ3v) is 6.67. The predicted molar refractivity (Wildman–Crippen MR) is 124 cm³/mol. The van der Waals surface area contributed by atoms with Crippen molar-refractivity contribution in [2.45, 2.75) is 38.5 Å². The number of hydrogen-bond donors (Lipinski definition) is 0. The standard InChI is InChI=1S/C23H26N2O3S2/c1-3-4-8-17-11-12-19-20(13-17)30-23(25(19)14-22(27)28-2)24-21(26)16-29-15-18-9-6-5-7-10-18/h5-7,9-13H,3-4,8,14-16H2,1-2H3. The molecule has 5 nitrogen and oxygen atoms in total. The number of amides is 1. The van der Waals surface area contributed by atoms with Gasteiger partial charge in [0, 0.05) is 5.75 Å². The second-order valence-electron chi connectivity index (χ2n) is 6.94. The first kappa shape index (κ1) is 22.3. The number of unbranched alkanes of at least 4 members (excludes halogenated alkanes) is 1. The molecule has 1 amide bonds. The summed E-state index contributed by atoms with van der Waals surface area (Å²) in [6.45, 7) is 2.21. The van der Waals surface area contributed by atoms with E-state index in [0.717, 1.165) is 35.2 Å². The van der Waals surface area contributed by atoms with Gasteiger partial charge in [0.2, 0.25) is 0 Å². The number of carbonyl (C=O) groups excluding carboxylic acids is 2. The number of rotatable bonds is 9. The number of fused-ring (bicyclic) bond motifs is 1. The van der Waals surface area contributed by atoms with Crippen LogP contribution < -0.4 is 4.80 Å². The number of aryl methyl sites for hydroxylation is 1. The Labute approximate surface area is 184 Å². The van der Waals surface area contributed by atoms with Crippen LogP contribution >= 0.6 is 23.1 Å². The smallest absolute Gasteiger partial charge is 0.325 e. The zero-order valence-corrected chi connectivity index (χ0v) is 18.9. The number of aromatic nitrogens is 1. The fraction of sp³-hybridized carbons (Fsp3) is 0.348. The van der Waals surface area contributed by atoms with Crippen LogP contribution in [0.25, 0.3) is 10.2 Å². The Hall–Kier alpha value is -2.38. The third kappa shape index (κ3) is 6.06. The summed E-state index contributed by atoms with van der Waals surface area (Å²) in [5.41, 5.74) is 3.33. The first-order chi connectivity index (χ1) is 14.6. The zero-order chi connectivity index (χ0) is 21.3. The lowest BCUT2D eigenvalue weighted by Gasteiger charge is -2.05. The molecule has 158 valence electrons. The molecule has 1 heterocycles. The molecule has 0 fully saturated rings. The molecule has 30 heavy (non-hydrogen) atoms. The van der Waals surface area contributed by atoms with E-state index in [9.17, 15) is 9.59 Å².